The average Bonchev–Trinajstić information content (AvgIpc) is 2.08. The number of aldehydes is 1. The van der Waals surface area contributed by atoms with Gasteiger partial charge in [0.05, 0.1) is 0 Å². The van der Waals surface area contributed by atoms with Gasteiger partial charge < -0.3 is 0 Å². The Balaban J connectivity index is 3.28. The standard InChI is InChI=1S/C6H3BrN4O/c7-5-1-4(3-12)6(9-2-5)10-11-8/h1-3H. The van der Waals surface area contributed by atoms with Crippen LogP contribution in [0.5, 0.6) is 0 Å². The number of hydrogen-bond donors (Lipinski definition) is 0. The molecule has 0 aliphatic heterocycles. The third kappa shape index (κ3) is 1.81. The highest BCUT2D eigenvalue weighted by Crippen LogP contribution is 2.18. The van der Waals surface area contributed by atoms with Gasteiger partial charge in [-0.2, -0.15) is 0 Å². The van der Waals surface area contributed by atoms with Crippen molar-refractivity contribution in [2.24, 2.45) is 5.11 Å². The van der Waals surface area contributed by atoms with Crippen LogP contribution in [0.3, 0.4) is 0 Å². The summed E-state index contributed by atoms with van der Waals surface area (Å²) < 4.78 is 0.668. The van der Waals surface area contributed by atoms with Crippen LogP contribution in [0.15, 0.2) is 21.9 Å². The second-order valence-corrected chi connectivity index (χ2v) is 2.79. The van der Waals surface area contributed by atoms with Crippen molar-refractivity contribution in [3.8, 4) is 0 Å². The molecule has 1 heterocycles. The molecule has 12 heavy (non-hydrogen) atoms. The molecule has 1 aromatic heterocycles. The second kappa shape index (κ2) is 3.85. The van der Waals surface area contributed by atoms with Crippen molar-refractivity contribution >= 4 is 28.0 Å². The highest BCUT2D eigenvalue weighted by molar-refractivity contribution is 9.10. The smallest absolute Gasteiger partial charge is 0.152 e. The molecule has 0 atom stereocenters. The maximum atomic E-state index is 10.4. The van der Waals surface area contributed by atoms with Crippen molar-refractivity contribution in [1.82, 2.24) is 4.98 Å². The van der Waals surface area contributed by atoms with Gasteiger partial charge in [0.1, 0.15) is 5.82 Å². The molecule has 0 aromatic carbocycles. The summed E-state index contributed by atoms with van der Waals surface area (Å²) in [5.41, 5.74) is 8.37. The third-order valence-corrected chi connectivity index (χ3v) is 1.56. The molecule has 0 fully saturated rings. The van der Waals surface area contributed by atoms with Gasteiger partial charge >= 0.3 is 0 Å². The van der Waals surface area contributed by atoms with E-state index < -0.39 is 0 Å². The molecule has 0 aliphatic carbocycles. The third-order valence-electron chi connectivity index (χ3n) is 1.13. The van der Waals surface area contributed by atoms with Gasteiger partial charge in [-0.15, -0.1) is 0 Å². The maximum absolute atomic E-state index is 10.4. The molecular formula is C6H3BrN4O. The first-order valence-electron chi connectivity index (χ1n) is 2.93. The Kier molecular flexibility index (Phi) is 2.79. The van der Waals surface area contributed by atoms with E-state index in [9.17, 15) is 4.79 Å². The van der Waals surface area contributed by atoms with Crippen LogP contribution < -0.4 is 0 Å². The molecule has 5 nitrogen and oxygen atoms in total. The van der Waals surface area contributed by atoms with Crippen LogP contribution in [0.2, 0.25) is 0 Å². The van der Waals surface area contributed by atoms with Crippen molar-refractivity contribution < 1.29 is 4.79 Å². The maximum Gasteiger partial charge on any atom is 0.152 e. The first kappa shape index (κ1) is 8.70. The monoisotopic (exact) mass is 226 g/mol. The number of carbonyl (C=O) groups is 1. The lowest BCUT2D eigenvalue weighted by Crippen LogP contribution is -1.83. The first-order chi connectivity index (χ1) is 5.77. The minimum Gasteiger partial charge on any atom is -0.298 e. The lowest BCUT2D eigenvalue weighted by atomic mass is 10.3. The molecule has 0 unspecified atom stereocenters. The fourth-order valence-electron chi connectivity index (χ4n) is 0.660. The molecule has 1 aromatic rings. The zero-order valence-electron chi connectivity index (χ0n) is 5.81. The molecular weight excluding hydrogens is 224 g/mol. The molecule has 0 radical (unpaired) electrons. The van der Waals surface area contributed by atoms with Gasteiger partial charge in [0, 0.05) is 21.1 Å². The van der Waals surface area contributed by atoms with E-state index in [0.29, 0.717) is 10.8 Å². The molecule has 6 heteroatoms. The number of hydrogen-bond acceptors (Lipinski definition) is 3. The number of halogens is 1. The summed E-state index contributed by atoms with van der Waals surface area (Å²) in [6.07, 6.45) is 2.04. The van der Waals surface area contributed by atoms with Crippen LogP contribution in [0.4, 0.5) is 5.82 Å². The van der Waals surface area contributed by atoms with Crippen molar-refractivity contribution in [3.05, 3.63) is 32.7 Å². The fourth-order valence-corrected chi connectivity index (χ4v) is 1.01. The Labute approximate surface area is 76.2 Å². The van der Waals surface area contributed by atoms with E-state index in [2.05, 4.69) is 30.9 Å². The van der Waals surface area contributed by atoms with Gasteiger partial charge in [0.2, 0.25) is 0 Å². The van der Waals surface area contributed by atoms with E-state index in [1.807, 2.05) is 0 Å². The highest BCUT2D eigenvalue weighted by Gasteiger charge is 2.00. The summed E-state index contributed by atoms with van der Waals surface area (Å²) in [4.78, 5) is 16.7. The second-order valence-electron chi connectivity index (χ2n) is 1.87. The summed E-state index contributed by atoms with van der Waals surface area (Å²) >= 11 is 3.13. The van der Waals surface area contributed by atoms with Crippen LogP contribution in [0, 0.1) is 0 Å². The molecule has 0 saturated heterocycles. The molecule has 60 valence electrons. The van der Waals surface area contributed by atoms with E-state index in [1.54, 1.807) is 0 Å². The van der Waals surface area contributed by atoms with Crippen molar-refractivity contribution in [1.29, 1.82) is 0 Å². The lowest BCUT2D eigenvalue weighted by molar-refractivity contribution is 0.112. The summed E-state index contributed by atoms with van der Waals surface area (Å²) in [6, 6.07) is 1.53. The SMILES string of the molecule is [N-]=[N+]=Nc1ncc(Br)cc1C=O. The number of rotatable bonds is 2. The largest absolute Gasteiger partial charge is 0.298 e. The fraction of sp³-hybridized carbons (Fsp3) is 0. The van der Waals surface area contributed by atoms with Crippen molar-refractivity contribution in [2.75, 3.05) is 0 Å². The van der Waals surface area contributed by atoms with Gasteiger partial charge in [0.25, 0.3) is 0 Å². The Bertz CT molecular complexity index is 359. The first-order valence-corrected chi connectivity index (χ1v) is 3.73. The number of nitrogens with zero attached hydrogens (tertiary/aromatic N) is 4. The van der Waals surface area contributed by atoms with E-state index in [4.69, 9.17) is 5.53 Å². The summed E-state index contributed by atoms with van der Waals surface area (Å²) in [5, 5.41) is 3.24. The van der Waals surface area contributed by atoms with Crippen molar-refractivity contribution in [2.45, 2.75) is 0 Å². The molecule has 0 spiro atoms. The topological polar surface area (TPSA) is 78.7 Å². The zero-order chi connectivity index (χ0) is 8.97. The molecule has 0 amide bonds. The van der Waals surface area contributed by atoms with Gasteiger partial charge in [-0.25, -0.2) is 0 Å². The lowest BCUT2D eigenvalue weighted by Gasteiger charge is -1.95. The Hall–Kier alpha value is -1.39. The van der Waals surface area contributed by atoms with E-state index >= 15 is 0 Å². The molecule has 0 N–H and O–H groups in total. The molecule has 0 bridgehead atoms. The zero-order valence-corrected chi connectivity index (χ0v) is 7.39. The Morgan fingerprint density at radius 3 is 3.08 bits per heavy atom. The molecule has 0 aliphatic rings. The normalized spacial score (nSPS) is 8.75. The van der Waals surface area contributed by atoms with E-state index in [-0.39, 0.29) is 11.4 Å². The van der Waals surface area contributed by atoms with Crippen LogP contribution >= 0.6 is 15.9 Å². The van der Waals surface area contributed by atoms with Crippen LogP contribution in [-0.2, 0) is 0 Å². The molecule has 1 rings (SSSR count). The quantitative estimate of drug-likeness (QED) is 0.336. The average molecular weight is 227 g/mol. The minimum atomic E-state index is 0.0932. The van der Waals surface area contributed by atoms with Crippen LogP contribution in [-0.4, -0.2) is 11.3 Å². The predicted octanol–water partition coefficient (Wildman–Crippen LogP) is 2.60. The summed E-state index contributed by atoms with van der Waals surface area (Å²) in [5.74, 6) is 0.0932. The van der Waals surface area contributed by atoms with Crippen LogP contribution in [0.25, 0.3) is 10.4 Å². The van der Waals surface area contributed by atoms with E-state index in [0.717, 1.165) is 0 Å². The van der Waals surface area contributed by atoms with Gasteiger partial charge in [-0.05, 0) is 32.6 Å². The van der Waals surface area contributed by atoms with Crippen molar-refractivity contribution in [3.63, 3.8) is 0 Å². The molecule has 0 saturated carbocycles. The van der Waals surface area contributed by atoms with Gasteiger partial charge in [0.15, 0.2) is 6.29 Å². The summed E-state index contributed by atoms with van der Waals surface area (Å²) in [6.45, 7) is 0. The van der Waals surface area contributed by atoms with Gasteiger partial charge in [-0.1, -0.05) is 0 Å². The van der Waals surface area contributed by atoms with E-state index in [1.165, 1.54) is 12.3 Å². The predicted molar refractivity (Wildman–Crippen MR) is 46.1 cm³/mol. The Morgan fingerprint density at radius 2 is 2.50 bits per heavy atom. The summed E-state index contributed by atoms with van der Waals surface area (Å²) in [7, 11) is 0. The number of pyridine rings is 1. The number of azide groups is 1. The Morgan fingerprint density at radius 1 is 1.75 bits per heavy atom. The minimum absolute atomic E-state index is 0.0932. The van der Waals surface area contributed by atoms with Gasteiger partial charge in [-0.3, -0.25) is 9.78 Å². The van der Waals surface area contributed by atoms with Crippen LogP contribution in [0.1, 0.15) is 10.4 Å². The number of aromatic nitrogens is 1. The number of carbonyl (C=O) groups excluding carboxylic acids is 1. The highest BCUT2D eigenvalue weighted by atomic mass is 79.9.